The number of carbonyl (C=O) groups excluding carboxylic acids is 1. The van der Waals surface area contributed by atoms with Crippen LogP contribution in [-0.2, 0) is 4.79 Å². The van der Waals surface area contributed by atoms with E-state index < -0.39 is 0 Å². The number of benzene rings is 1. The van der Waals surface area contributed by atoms with Crippen LogP contribution in [0, 0.1) is 0 Å². The second-order valence-electron chi connectivity index (χ2n) is 5.84. The van der Waals surface area contributed by atoms with Crippen LogP contribution in [0.4, 0.5) is 5.69 Å². The van der Waals surface area contributed by atoms with E-state index in [0.717, 1.165) is 41.9 Å². The highest BCUT2D eigenvalue weighted by Gasteiger charge is 2.17. The number of rotatable bonds is 2. The number of hydrogen-bond acceptors (Lipinski definition) is 4. The van der Waals surface area contributed by atoms with Gasteiger partial charge in [0, 0.05) is 24.5 Å². The lowest BCUT2D eigenvalue weighted by Gasteiger charge is -2.19. The van der Waals surface area contributed by atoms with E-state index in [9.17, 15) is 4.79 Å². The van der Waals surface area contributed by atoms with Crippen molar-refractivity contribution in [2.75, 3.05) is 18.5 Å². The minimum Gasteiger partial charge on any atom is -0.482 e. The van der Waals surface area contributed by atoms with Crippen LogP contribution in [0.1, 0.15) is 24.0 Å². The quantitative estimate of drug-likeness (QED) is 0.925. The van der Waals surface area contributed by atoms with Crippen LogP contribution in [0.15, 0.2) is 53.3 Å². The van der Waals surface area contributed by atoms with E-state index in [4.69, 9.17) is 9.73 Å². The lowest BCUT2D eigenvalue weighted by Crippen LogP contribution is -2.25. The average Bonchev–Trinajstić information content (AvgIpc) is 2.63. The number of amides is 1. The summed E-state index contributed by atoms with van der Waals surface area (Å²) in [7, 11) is 0. The summed E-state index contributed by atoms with van der Waals surface area (Å²) in [6, 6.07) is 9.78. The Morgan fingerprint density at radius 3 is 3.08 bits per heavy atom. The Balaban J connectivity index is 1.68. The molecule has 1 aromatic carbocycles. The van der Waals surface area contributed by atoms with E-state index >= 15 is 0 Å². The maximum Gasteiger partial charge on any atom is 0.262 e. The third-order valence-electron chi connectivity index (χ3n) is 4.09. The molecule has 0 fully saturated rings. The highest BCUT2D eigenvalue weighted by atomic mass is 16.5. The minimum absolute atomic E-state index is 0.0649. The van der Waals surface area contributed by atoms with Crippen molar-refractivity contribution in [2.24, 2.45) is 4.99 Å². The summed E-state index contributed by atoms with van der Waals surface area (Å²) in [6.07, 6.45) is 7.80. The Morgan fingerprint density at radius 2 is 2.21 bits per heavy atom. The molecule has 0 unspecified atom stereocenters. The van der Waals surface area contributed by atoms with Crippen LogP contribution >= 0.6 is 0 Å². The van der Waals surface area contributed by atoms with Crippen LogP contribution in [0.2, 0.25) is 0 Å². The Bertz CT molecular complexity index is 841. The van der Waals surface area contributed by atoms with Crippen LogP contribution in [0.3, 0.4) is 0 Å². The zero-order valence-electron chi connectivity index (χ0n) is 13.2. The van der Waals surface area contributed by atoms with E-state index in [1.807, 2.05) is 36.5 Å². The van der Waals surface area contributed by atoms with Gasteiger partial charge in [0.1, 0.15) is 5.75 Å². The zero-order chi connectivity index (χ0) is 16.4. The highest BCUT2D eigenvalue weighted by molar-refractivity contribution is 6.15. The number of hydrogen-bond donors (Lipinski definition) is 1. The maximum absolute atomic E-state index is 11.4. The molecule has 0 radical (unpaired) electrons. The average molecular weight is 319 g/mol. The first-order chi connectivity index (χ1) is 11.8. The van der Waals surface area contributed by atoms with Gasteiger partial charge in [0.2, 0.25) is 0 Å². The van der Waals surface area contributed by atoms with Crippen molar-refractivity contribution >= 4 is 23.4 Å². The molecule has 4 rings (SSSR count). The molecule has 0 saturated heterocycles. The van der Waals surface area contributed by atoms with E-state index in [0.29, 0.717) is 5.75 Å². The van der Waals surface area contributed by atoms with Crippen molar-refractivity contribution in [3.05, 3.63) is 59.4 Å². The predicted octanol–water partition coefficient (Wildman–Crippen LogP) is 3.08. The third-order valence-corrected chi connectivity index (χ3v) is 4.09. The predicted molar refractivity (Wildman–Crippen MR) is 93.4 cm³/mol. The molecule has 24 heavy (non-hydrogen) atoms. The molecule has 0 spiro atoms. The summed E-state index contributed by atoms with van der Waals surface area (Å²) >= 11 is 0. The Kier molecular flexibility index (Phi) is 3.83. The van der Waals surface area contributed by atoms with E-state index in [-0.39, 0.29) is 12.5 Å². The van der Waals surface area contributed by atoms with Crippen molar-refractivity contribution < 1.29 is 9.53 Å². The second kappa shape index (κ2) is 6.28. The molecule has 0 aliphatic carbocycles. The molecule has 5 nitrogen and oxygen atoms in total. The van der Waals surface area contributed by atoms with Crippen molar-refractivity contribution in [2.45, 2.75) is 12.8 Å². The molecule has 120 valence electrons. The molecule has 0 saturated carbocycles. The van der Waals surface area contributed by atoms with Crippen LogP contribution in [0.5, 0.6) is 5.75 Å². The first-order valence-electron chi connectivity index (χ1n) is 8.02. The Labute approximate surface area is 140 Å². The van der Waals surface area contributed by atoms with Gasteiger partial charge in [0.25, 0.3) is 5.91 Å². The summed E-state index contributed by atoms with van der Waals surface area (Å²) < 4.78 is 5.50. The van der Waals surface area contributed by atoms with Crippen LogP contribution < -0.4 is 10.1 Å². The Morgan fingerprint density at radius 1 is 1.25 bits per heavy atom. The van der Waals surface area contributed by atoms with Gasteiger partial charge in [-0.05, 0) is 54.3 Å². The standard InChI is InChI=1S/C19H17N3O2/c23-18-12-24-17-10-13(5-6-16(17)22-18)9-14-3-2-8-21-19(14)15-4-1-7-20-11-15/h1,4-7,9-11H,2-3,8,12H2,(H,22,23). The van der Waals surface area contributed by atoms with Gasteiger partial charge in [0.05, 0.1) is 11.4 Å². The highest BCUT2D eigenvalue weighted by Crippen LogP contribution is 2.30. The largest absolute Gasteiger partial charge is 0.482 e. The van der Waals surface area contributed by atoms with Crippen LogP contribution in [-0.4, -0.2) is 29.8 Å². The van der Waals surface area contributed by atoms with Gasteiger partial charge in [-0.2, -0.15) is 0 Å². The van der Waals surface area contributed by atoms with E-state index in [1.54, 1.807) is 6.20 Å². The van der Waals surface area contributed by atoms with Gasteiger partial charge in [0.15, 0.2) is 6.61 Å². The third kappa shape index (κ3) is 2.93. The van der Waals surface area contributed by atoms with Gasteiger partial charge in [-0.1, -0.05) is 6.07 Å². The number of aromatic nitrogens is 1. The second-order valence-corrected chi connectivity index (χ2v) is 5.84. The van der Waals surface area contributed by atoms with Gasteiger partial charge < -0.3 is 10.1 Å². The van der Waals surface area contributed by atoms with Crippen molar-refractivity contribution in [3.63, 3.8) is 0 Å². The monoisotopic (exact) mass is 319 g/mol. The van der Waals surface area contributed by atoms with Crippen molar-refractivity contribution in [1.29, 1.82) is 0 Å². The van der Waals surface area contributed by atoms with Crippen molar-refractivity contribution in [3.8, 4) is 5.75 Å². The molecular formula is C19H17N3O2. The number of anilines is 1. The fourth-order valence-corrected chi connectivity index (χ4v) is 2.98. The van der Waals surface area contributed by atoms with Gasteiger partial charge >= 0.3 is 0 Å². The maximum atomic E-state index is 11.4. The number of ether oxygens (including phenoxy) is 1. The van der Waals surface area contributed by atoms with Gasteiger partial charge in [-0.25, -0.2) is 0 Å². The minimum atomic E-state index is -0.119. The number of carbonyl (C=O) groups is 1. The summed E-state index contributed by atoms with van der Waals surface area (Å²) in [5.41, 5.74) is 5.02. The number of allylic oxidation sites excluding steroid dienone is 1. The molecule has 2 aliphatic rings. The smallest absolute Gasteiger partial charge is 0.262 e. The lowest BCUT2D eigenvalue weighted by molar-refractivity contribution is -0.118. The molecule has 1 N–H and O–H groups in total. The number of nitrogens with one attached hydrogen (secondary N) is 1. The lowest BCUT2D eigenvalue weighted by atomic mass is 9.95. The molecule has 2 aromatic rings. The Hall–Kier alpha value is -2.95. The van der Waals surface area contributed by atoms with Gasteiger partial charge in [-0.15, -0.1) is 0 Å². The normalized spacial score (nSPS) is 18.4. The fourth-order valence-electron chi connectivity index (χ4n) is 2.98. The van der Waals surface area contributed by atoms with Crippen LogP contribution in [0.25, 0.3) is 6.08 Å². The summed E-state index contributed by atoms with van der Waals surface area (Å²) in [5.74, 6) is 0.589. The fraction of sp³-hybridized carbons (Fsp3) is 0.211. The number of pyridine rings is 1. The molecule has 0 atom stereocenters. The number of fused-ring (bicyclic) bond motifs is 1. The molecular weight excluding hydrogens is 302 g/mol. The van der Waals surface area contributed by atoms with E-state index in [1.165, 1.54) is 5.57 Å². The van der Waals surface area contributed by atoms with Crippen molar-refractivity contribution in [1.82, 2.24) is 4.98 Å². The SMILES string of the molecule is O=C1COc2cc(C=C3CCCN=C3c3cccnc3)ccc2N1. The topological polar surface area (TPSA) is 63.6 Å². The molecule has 1 amide bonds. The molecule has 0 bridgehead atoms. The summed E-state index contributed by atoms with van der Waals surface area (Å²) in [4.78, 5) is 20.3. The first-order valence-corrected chi connectivity index (χ1v) is 8.02. The summed E-state index contributed by atoms with van der Waals surface area (Å²) in [6.45, 7) is 0.913. The molecule has 1 aromatic heterocycles. The van der Waals surface area contributed by atoms with E-state index in [2.05, 4.69) is 16.4 Å². The zero-order valence-corrected chi connectivity index (χ0v) is 13.2. The molecule has 3 heterocycles. The summed E-state index contributed by atoms with van der Waals surface area (Å²) in [5, 5.41) is 2.81. The number of aliphatic imine (C=N–C) groups is 1. The molecule has 2 aliphatic heterocycles. The van der Waals surface area contributed by atoms with Gasteiger partial charge in [-0.3, -0.25) is 14.8 Å². The number of nitrogens with zero attached hydrogens (tertiary/aromatic N) is 2. The molecule has 5 heteroatoms. The first kappa shape index (κ1) is 14.6.